The van der Waals surface area contributed by atoms with Gasteiger partial charge in [0, 0.05) is 5.56 Å². The molecule has 3 rings (SSSR count). The number of hydrogen-bond donors (Lipinski definition) is 0. The van der Waals surface area contributed by atoms with Gasteiger partial charge in [-0.2, -0.15) is 5.26 Å². The predicted molar refractivity (Wildman–Crippen MR) is 115 cm³/mol. The molecule has 0 heterocycles. The number of methoxy groups -OCH3 is 2. The Morgan fingerprint density at radius 1 is 0.967 bits per heavy atom. The minimum absolute atomic E-state index is 0.140. The maximum Gasteiger partial charge on any atom is 0.189 e. The van der Waals surface area contributed by atoms with Gasteiger partial charge in [-0.15, -0.1) is 0 Å². The van der Waals surface area contributed by atoms with Gasteiger partial charge in [-0.25, -0.2) is 0 Å². The van der Waals surface area contributed by atoms with E-state index < -0.39 is 0 Å². The van der Waals surface area contributed by atoms with Gasteiger partial charge in [-0.3, -0.25) is 4.79 Å². The smallest absolute Gasteiger partial charge is 0.189 e. The normalized spacial score (nSPS) is 10.4. The van der Waals surface area contributed by atoms with E-state index in [9.17, 15) is 4.79 Å². The first-order valence-electron chi connectivity index (χ1n) is 9.30. The van der Waals surface area contributed by atoms with Crippen LogP contribution in [-0.2, 0) is 6.61 Å². The van der Waals surface area contributed by atoms with E-state index in [0.717, 1.165) is 11.1 Å². The summed E-state index contributed by atoms with van der Waals surface area (Å²) in [6.07, 6.45) is 3.27. The molecule has 150 valence electrons. The highest BCUT2D eigenvalue weighted by molar-refractivity contribution is 6.08. The molecule has 0 saturated carbocycles. The van der Waals surface area contributed by atoms with Gasteiger partial charge in [0.2, 0.25) is 0 Å². The molecule has 0 aliphatic heterocycles. The molecule has 5 nitrogen and oxygen atoms in total. The summed E-state index contributed by atoms with van der Waals surface area (Å²) in [5.74, 6) is 1.75. The number of allylic oxidation sites excluding steroid dienone is 1. The van der Waals surface area contributed by atoms with Crippen molar-refractivity contribution in [1.82, 2.24) is 0 Å². The van der Waals surface area contributed by atoms with Crippen LogP contribution in [0.3, 0.4) is 0 Å². The molecule has 0 aliphatic rings. The second-order valence-corrected chi connectivity index (χ2v) is 6.39. The van der Waals surface area contributed by atoms with Crippen LogP contribution >= 0.6 is 0 Å². The van der Waals surface area contributed by atoms with E-state index >= 15 is 0 Å². The number of rotatable bonds is 8. The molecule has 30 heavy (non-hydrogen) atoms. The summed E-state index contributed by atoms with van der Waals surface area (Å²) >= 11 is 0. The zero-order valence-corrected chi connectivity index (χ0v) is 16.8. The number of para-hydroxylation sites is 1. The molecule has 0 atom stereocenters. The number of nitriles is 1. The van der Waals surface area contributed by atoms with Crippen molar-refractivity contribution in [2.45, 2.75) is 6.61 Å². The molecule has 0 unspecified atom stereocenters. The Morgan fingerprint density at radius 3 is 2.40 bits per heavy atom. The molecule has 0 aromatic heterocycles. The molecular weight excluding hydrogens is 378 g/mol. The summed E-state index contributed by atoms with van der Waals surface area (Å²) in [6.45, 7) is 0.289. The highest BCUT2D eigenvalue weighted by Gasteiger charge is 2.09. The minimum Gasteiger partial charge on any atom is -0.496 e. The fraction of sp³-hybridized carbons (Fsp3) is 0.120. The molecule has 0 N–H and O–H groups in total. The molecule has 3 aromatic carbocycles. The Balaban J connectivity index is 1.75. The SMILES string of the molecule is COc1ccc(/C=C/C(=O)c2ccccc2OC)cc1COc1ccc(C#N)cc1. The number of carbonyl (C=O) groups excluding carboxylic acids is 1. The van der Waals surface area contributed by atoms with Gasteiger partial charge in [0.1, 0.15) is 23.9 Å². The Bertz CT molecular complexity index is 1090. The minimum atomic E-state index is -0.140. The first-order valence-corrected chi connectivity index (χ1v) is 9.30. The van der Waals surface area contributed by atoms with Gasteiger partial charge in [0.25, 0.3) is 0 Å². The second kappa shape index (κ2) is 9.94. The van der Waals surface area contributed by atoms with Crippen LogP contribution in [0.5, 0.6) is 17.2 Å². The van der Waals surface area contributed by atoms with Gasteiger partial charge >= 0.3 is 0 Å². The number of hydrogen-bond acceptors (Lipinski definition) is 5. The van der Waals surface area contributed by atoms with Crippen LogP contribution in [-0.4, -0.2) is 20.0 Å². The Morgan fingerprint density at radius 2 is 1.70 bits per heavy atom. The fourth-order valence-electron chi connectivity index (χ4n) is 2.91. The van der Waals surface area contributed by atoms with Crippen LogP contribution in [0, 0.1) is 11.3 Å². The molecule has 0 radical (unpaired) electrons. The van der Waals surface area contributed by atoms with Crippen molar-refractivity contribution < 1.29 is 19.0 Å². The summed E-state index contributed by atoms with van der Waals surface area (Å²) in [6, 6.07) is 21.7. The average molecular weight is 399 g/mol. The molecule has 0 amide bonds. The number of carbonyl (C=O) groups is 1. The van der Waals surface area contributed by atoms with Crippen LogP contribution < -0.4 is 14.2 Å². The van der Waals surface area contributed by atoms with Crippen LogP contribution in [0.4, 0.5) is 0 Å². The first kappa shape index (κ1) is 20.7. The molecule has 0 bridgehead atoms. The molecule has 0 aliphatic carbocycles. The molecule has 0 spiro atoms. The highest BCUT2D eigenvalue weighted by atomic mass is 16.5. The second-order valence-electron chi connectivity index (χ2n) is 6.39. The number of ether oxygens (including phenoxy) is 3. The monoisotopic (exact) mass is 399 g/mol. The summed E-state index contributed by atoms with van der Waals surface area (Å²) in [4.78, 5) is 12.5. The van der Waals surface area contributed by atoms with Crippen molar-refractivity contribution >= 4 is 11.9 Å². The van der Waals surface area contributed by atoms with E-state index in [1.165, 1.54) is 6.08 Å². The third-order valence-corrected chi connectivity index (χ3v) is 4.48. The van der Waals surface area contributed by atoms with Gasteiger partial charge < -0.3 is 14.2 Å². The quantitative estimate of drug-likeness (QED) is 0.392. The maximum absolute atomic E-state index is 12.5. The van der Waals surface area contributed by atoms with Crippen molar-refractivity contribution in [3.8, 4) is 23.3 Å². The van der Waals surface area contributed by atoms with Crippen molar-refractivity contribution in [2.75, 3.05) is 14.2 Å². The van der Waals surface area contributed by atoms with E-state index in [1.807, 2.05) is 24.3 Å². The summed E-state index contributed by atoms with van der Waals surface area (Å²) < 4.78 is 16.5. The Labute approximate surface area is 175 Å². The Kier molecular flexibility index (Phi) is 6.86. The molecule has 3 aromatic rings. The van der Waals surface area contributed by atoms with E-state index in [1.54, 1.807) is 62.8 Å². The highest BCUT2D eigenvalue weighted by Crippen LogP contribution is 2.24. The lowest BCUT2D eigenvalue weighted by atomic mass is 10.1. The lowest BCUT2D eigenvalue weighted by Gasteiger charge is -2.11. The van der Waals surface area contributed by atoms with Crippen molar-refractivity contribution in [3.05, 3.63) is 95.1 Å². The zero-order valence-electron chi connectivity index (χ0n) is 16.8. The predicted octanol–water partition coefficient (Wildman–Crippen LogP) is 5.05. The van der Waals surface area contributed by atoms with E-state index in [-0.39, 0.29) is 12.4 Å². The van der Waals surface area contributed by atoms with Crippen LogP contribution in [0.15, 0.2) is 72.8 Å². The van der Waals surface area contributed by atoms with Crippen molar-refractivity contribution in [2.24, 2.45) is 0 Å². The van der Waals surface area contributed by atoms with Gasteiger partial charge in [-0.1, -0.05) is 24.3 Å². The summed E-state index contributed by atoms with van der Waals surface area (Å²) in [5.41, 5.74) is 2.77. The third kappa shape index (κ3) is 5.06. The summed E-state index contributed by atoms with van der Waals surface area (Å²) in [7, 11) is 3.14. The molecule has 5 heteroatoms. The van der Waals surface area contributed by atoms with Crippen LogP contribution in [0.25, 0.3) is 6.08 Å². The molecular formula is C25H21NO4. The third-order valence-electron chi connectivity index (χ3n) is 4.48. The van der Waals surface area contributed by atoms with E-state index in [4.69, 9.17) is 19.5 Å². The standard InChI is InChI=1S/C25H21NO4/c1-28-24-14-10-18(9-13-23(27)22-5-3-4-6-25(22)29-2)15-20(24)17-30-21-11-7-19(16-26)8-12-21/h3-15H,17H2,1-2H3/b13-9+. The van der Waals surface area contributed by atoms with E-state index in [2.05, 4.69) is 6.07 Å². The molecule has 0 saturated heterocycles. The van der Waals surface area contributed by atoms with Gasteiger partial charge in [-0.05, 0) is 60.2 Å². The Hall–Kier alpha value is -4.04. The van der Waals surface area contributed by atoms with Crippen molar-refractivity contribution in [3.63, 3.8) is 0 Å². The summed E-state index contributed by atoms with van der Waals surface area (Å²) in [5, 5.41) is 8.88. The van der Waals surface area contributed by atoms with Crippen LogP contribution in [0.2, 0.25) is 0 Å². The van der Waals surface area contributed by atoms with Crippen molar-refractivity contribution in [1.29, 1.82) is 5.26 Å². The maximum atomic E-state index is 12.5. The van der Waals surface area contributed by atoms with Gasteiger partial charge in [0.05, 0.1) is 31.4 Å². The number of ketones is 1. The fourth-order valence-corrected chi connectivity index (χ4v) is 2.91. The van der Waals surface area contributed by atoms with Gasteiger partial charge in [0.15, 0.2) is 5.78 Å². The number of benzene rings is 3. The lowest BCUT2D eigenvalue weighted by Crippen LogP contribution is -2.00. The topological polar surface area (TPSA) is 68.6 Å². The largest absolute Gasteiger partial charge is 0.496 e. The average Bonchev–Trinajstić information content (AvgIpc) is 2.81. The number of nitrogens with zero attached hydrogens (tertiary/aromatic N) is 1. The van der Waals surface area contributed by atoms with E-state index in [0.29, 0.717) is 28.4 Å². The lowest BCUT2D eigenvalue weighted by molar-refractivity contribution is 0.104. The first-order chi connectivity index (χ1) is 14.6. The molecule has 0 fully saturated rings. The zero-order chi connectivity index (χ0) is 21.3. The van der Waals surface area contributed by atoms with Crippen LogP contribution in [0.1, 0.15) is 27.0 Å².